The molecule has 2 saturated heterocycles. The van der Waals surface area contributed by atoms with Crippen molar-refractivity contribution in [1.82, 2.24) is 0 Å². The lowest BCUT2D eigenvalue weighted by atomic mass is 9.57. The van der Waals surface area contributed by atoms with Gasteiger partial charge in [0.05, 0.1) is 64.4 Å². The van der Waals surface area contributed by atoms with Crippen LogP contribution in [0.5, 0.6) is 5.75 Å². The van der Waals surface area contributed by atoms with Crippen molar-refractivity contribution in [3.63, 3.8) is 0 Å². The number of allylic oxidation sites excluding steroid dienone is 2. The van der Waals surface area contributed by atoms with Gasteiger partial charge in [0.25, 0.3) is 0 Å². The number of anilines is 4. The predicted molar refractivity (Wildman–Crippen MR) is 244 cm³/mol. The first kappa shape index (κ1) is 42.0. The lowest BCUT2D eigenvalue weighted by Crippen LogP contribution is -2.43. The van der Waals surface area contributed by atoms with Gasteiger partial charge in [0.2, 0.25) is 23.6 Å². The zero-order chi connectivity index (χ0) is 44.6. The number of aliphatic hydroxyl groups excluding tert-OH is 1. The lowest BCUT2D eigenvalue weighted by Gasteiger charge is -2.44. The predicted octanol–water partition coefficient (Wildman–Crippen LogP) is 9.07. The number of carbonyl (C=O) groups is 4. The Hall–Kier alpha value is -7.32. The van der Waals surface area contributed by atoms with Crippen molar-refractivity contribution in [1.29, 1.82) is 0 Å². The molecule has 5 aromatic rings. The van der Waals surface area contributed by atoms with Crippen molar-refractivity contribution < 1.29 is 29.0 Å². The number of nitrogens with zero attached hydrogens (tertiary/aromatic N) is 8. The van der Waals surface area contributed by atoms with E-state index in [9.17, 15) is 24.3 Å². The molecular weight excluding hydrogens is 809 g/mol. The minimum atomic E-state index is -0.742. The maximum absolute atomic E-state index is 14.7. The number of ether oxygens (including phenoxy) is 1. The summed E-state index contributed by atoms with van der Waals surface area (Å²) in [7, 11) is 7.86. The average molecular weight is 857 g/mol. The Morgan fingerprint density at radius 2 is 0.984 bits per heavy atom. The van der Waals surface area contributed by atoms with E-state index < -0.39 is 35.5 Å². The van der Waals surface area contributed by atoms with E-state index in [1.165, 1.54) is 9.80 Å². The standard InChI is InChI=1S/C50H48N8O6/c1-55(2)35-15-7-31(8-16-35)51-53-33-11-19-37(20-12-33)57-47(60)41-26-25-40-42(45(41)49(57)62)29-43-46(44(40)30-5-23-39(24-6-30)64-28-27-59)50(63)58(48(43)61)38-21-13-34(14-22-38)54-52-32-9-17-36(18-10-32)56(3)4/h5-25,41-46,59H,26-29H2,1-4H3. The van der Waals surface area contributed by atoms with Crippen molar-refractivity contribution in [2.45, 2.75) is 18.8 Å². The summed E-state index contributed by atoms with van der Waals surface area (Å²) in [6, 6.07) is 36.4. The molecule has 0 bridgehead atoms. The van der Waals surface area contributed by atoms with E-state index in [2.05, 4.69) is 20.5 Å². The van der Waals surface area contributed by atoms with Gasteiger partial charge in [-0.05, 0) is 134 Å². The Labute approximate surface area is 371 Å². The number of carbonyl (C=O) groups excluding carboxylic acids is 4. The van der Waals surface area contributed by atoms with Crippen LogP contribution in [0.15, 0.2) is 153 Å². The molecule has 4 amide bonds. The van der Waals surface area contributed by atoms with Crippen LogP contribution in [0.2, 0.25) is 0 Å². The zero-order valence-corrected chi connectivity index (χ0v) is 36.0. The van der Waals surface area contributed by atoms with Gasteiger partial charge >= 0.3 is 0 Å². The summed E-state index contributed by atoms with van der Waals surface area (Å²) in [4.78, 5) is 64.7. The van der Waals surface area contributed by atoms with Crippen LogP contribution in [0.3, 0.4) is 0 Å². The van der Waals surface area contributed by atoms with Gasteiger partial charge in [-0.2, -0.15) is 20.5 Å². The molecule has 14 nitrogen and oxygen atoms in total. The summed E-state index contributed by atoms with van der Waals surface area (Å²) in [6.45, 7) is -0.0151. The minimum Gasteiger partial charge on any atom is -0.491 e. The van der Waals surface area contributed by atoms with Crippen molar-refractivity contribution in [3.8, 4) is 5.75 Å². The average Bonchev–Trinajstić information content (AvgIpc) is 3.72. The fourth-order valence-corrected chi connectivity index (χ4v) is 9.61. The smallest absolute Gasteiger partial charge is 0.238 e. The van der Waals surface area contributed by atoms with Gasteiger partial charge in [-0.1, -0.05) is 23.8 Å². The first-order valence-corrected chi connectivity index (χ1v) is 21.4. The topological polar surface area (TPSA) is 160 Å². The number of hydrogen-bond acceptors (Lipinski definition) is 12. The summed E-state index contributed by atoms with van der Waals surface area (Å²) < 4.78 is 5.65. The Morgan fingerprint density at radius 3 is 1.44 bits per heavy atom. The van der Waals surface area contributed by atoms with Crippen LogP contribution in [0.25, 0.3) is 0 Å². The normalized spacial score (nSPS) is 22.8. The molecule has 0 spiro atoms. The Bertz CT molecular complexity index is 2660. The Balaban J connectivity index is 0.984. The molecule has 6 atom stereocenters. The molecule has 0 aromatic heterocycles. The fourth-order valence-electron chi connectivity index (χ4n) is 9.61. The SMILES string of the molecule is CN(C)c1ccc(N=Nc2ccc(N3C(=O)C4CC=C5C(CC6C(=O)N(c7ccc(N=Nc8ccc(N(C)C)cc8)cc7)C(=O)C6C5c5ccc(OCCO)cc5)C4C3=O)cc2)cc1. The third kappa shape index (κ3) is 7.85. The molecule has 0 radical (unpaired) electrons. The van der Waals surface area contributed by atoms with Crippen LogP contribution < -0.4 is 24.3 Å². The maximum atomic E-state index is 14.7. The number of rotatable bonds is 12. The quantitative estimate of drug-likeness (QED) is 0.0739. The largest absolute Gasteiger partial charge is 0.491 e. The molecule has 2 heterocycles. The van der Waals surface area contributed by atoms with Crippen LogP contribution >= 0.6 is 0 Å². The molecule has 324 valence electrons. The number of aliphatic hydroxyl groups is 1. The van der Waals surface area contributed by atoms with Gasteiger partial charge in [-0.15, -0.1) is 0 Å². The third-order valence-electron chi connectivity index (χ3n) is 12.8. The van der Waals surface area contributed by atoms with Crippen LogP contribution in [-0.4, -0.2) is 70.1 Å². The van der Waals surface area contributed by atoms with E-state index in [0.717, 1.165) is 22.5 Å². The van der Waals surface area contributed by atoms with Gasteiger partial charge < -0.3 is 19.6 Å². The van der Waals surface area contributed by atoms with E-state index >= 15 is 0 Å². The number of fused-ring (bicyclic) bond motifs is 4. The summed E-state index contributed by atoms with van der Waals surface area (Å²) in [6.07, 6.45) is 2.59. The second-order valence-corrected chi connectivity index (χ2v) is 16.9. The van der Waals surface area contributed by atoms with E-state index in [1.54, 1.807) is 60.7 Å². The molecule has 64 heavy (non-hydrogen) atoms. The highest BCUT2D eigenvalue weighted by Gasteiger charge is 2.62. The highest BCUT2D eigenvalue weighted by molar-refractivity contribution is 6.24. The number of hydrogen-bond donors (Lipinski definition) is 1. The number of azo groups is 2. The molecule has 14 heteroatoms. The minimum absolute atomic E-state index is 0.126. The molecule has 4 aliphatic rings. The van der Waals surface area contributed by atoms with Gasteiger partial charge in [-0.3, -0.25) is 29.0 Å². The summed E-state index contributed by atoms with van der Waals surface area (Å²) >= 11 is 0. The van der Waals surface area contributed by atoms with Gasteiger partial charge in [0, 0.05) is 45.5 Å². The van der Waals surface area contributed by atoms with Crippen molar-refractivity contribution >= 4 is 69.1 Å². The maximum Gasteiger partial charge on any atom is 0.238 e. The summed E-state index contributed by atoms with van der Waals surface area (Å²) in [5.41, 5.74) is 7.12. The number of benzene rings is 5. The lowest BCUT2D eigenvalue weighted by molar-refractivity contribution is -0.126. The summed E-state index contributed by atoms with van der Waals surface area (Å²) in [5.74, 6) is -4.54. The van der Waals surface area contributed by atoms with Crippen molar-refractivity contribution in [2.24, 2.45) is 50.0 Å². The van der Waals surface area contributed by atoms with Gasteiger partial charge in [-0.25, -0.2) is 0 Å². The highest BCUT2D eigenvalue weighted by Crippen LogP contribution is 2.58. The molecule has 1 N–H and O–H groups in total. The van der Waals surface area contributed by atoms with Crippen molar-refractivity contribution in [3.05, 3.63) is 139 Å². The molecule has 6 unspecified atom stereocenters. The molecule has 1 saturated carbocycles. The van der Waals surface area contributed by atoms with Crippen LogP contribution in [0.4, 0.5) is 45.5 Å². The zero-order valence-electron chi connectivity index (χ0n) is 36.0. The molecule has 2 aliphatic heterocycles. The molecule has 5 aromatic carbocycles. The molecule has 9 rings (SSSR count). The van der Waals surface area contributed by atoms with E-state index in [1.807, 2.05) is 105 Å². The van der Waals surface area contributed by atoms with Crippen LogP contribution in [-0.2, 0) is 19.2 Å². The Morgan fingerprint density at radius 1 is 0.547 bits per heavy atom. The van der Waals surface area contributed by atoms with Gasteiger partial charge in [0.1, 0.15) is 12.4 Å². The first-order chi connectivity index (χ1) is 31.0. The second-order valence-electron chi connectivity index (χ2n) is 16.9. The van der Waals surface area contributed by atoms with E-state index in [4.69, 9.17) is 4.74 Å². The summed E-state index contributed by atoms with van der Waals surface area (Å²) in [5, 5.41) is 26.8. The number of amides is 4. The van der Waals surface area contributed by atoms with E-state index in [0.29, 0.717) is 46.3 Å². The highest BCUT2D eigenvalue weighted by atomic mass is 16.5. The van der Waals surface area contributed by atoms with E-state index in [-0.39, 0.29) is 43.3 Å². The molecule has 3 fully saturated rings. The molecular formula is C50H48N8O6. The van der Waals surface area contributed by atoms with Crippen LogP contribution in [0, 0.1) is 29.6 Å². The first-order valence-electron chi connectivity index (χ1n) is 21.4. The van der Waals surface area contributed by atoms with Gasteiger partial charge in [0.15, 0.2) is 0 Å². The molecule has 2 aliphatic carbocycles. The fraction of sp³-hybridized carbons (Fsp3) is 0.280. The third-order valence-corrected chi connectivity index (χ3v) is 12.8. The number of imide groups is 2. The monoisotopic (exact) mass is 856 g/mol. The second kappa shape index (κ2) is 17.4. The van der Waals surface area contributed by atoms with Crippen LogP contribution in [0.1, 0.15) is 24.3 Å². The van der Waals surface area contributed by atoms with Crippen molar-refractivity contribution in [2.75, 3.05) is 61.0 Å². The Kier molecular flexibility index (Phi) is 11.5.